The van der Waals surface area contributed by atoms with E-state index in [0.717, 1.165) is 0 Å². The van der Waals surface area contributed by atoms with Gasteiger partial charge in [0.1, 0.15) is 0 Å². The molecule has 2 heterocycles. The van der Waals surface area contributed by atoms with Crippen LogP contribution in [-0.4, -0.2) is 26.2 Å². The van der Waals surface area contributed by atoms with Gasteiger partial charge in [-0.15, -0.1) is 0 Å². The zero-order valence-corrected chi connectivity index (χ0v) is 12.3. The van der Waals surface area contributed by atoms with Crippen molar-refractivity contribution in [3.8, 4) is 0 Å². The number of piperidine rings is 2. The maximum absolute atomic E-state index is 3.50. The minimum absolute atomic E-state index is 0.653. The van der Waals surface area contributed by atoms with E-state index >= 15 is 0 Å². The van der Waals surface area contributed by atoms with Crippen LogP contribution in [0.5, 0.6) is 0 Å². The number of benzene rings is 1. The smallest absolute Gasteiger partial charge is 0.0371 e. The van der Waals surface area contributed by atoms with Crippen molar-refractivity contribution in [1.29, 1.82) is 0 Å². The van der Waals surface area contributed by atoms with E-state index in [9.17, 15) is 0 Å². The largest absolute Gasteiger partial charge is 0.371 e. The van der Waals surface area contributed by atoms with Crippen LogP contribution in [0.3, 0.4) is 0 Å². The highest BCUT2D eigenvalue weighted by Crippen LogP contribution is 2.40. The molecule has 0 saturated carbocycles. The highest BCUT2D eigenvalue weighted by atomic mass is 15.1. The summed E-state index contributed by atoms with van der Waals surface area (Å²) in [5.41, 5.74) is 4.86. The van der Waals surface area contributed by atoms with Crippen molar-refractivity contribution >= 4 is 5.69 Å². The molecular formula is C17H26N2. The molecule has 2 saturated heterocycles. The summed E-state index contributed by atoms with van der Waals surface area (Å²) >= 11 is 0. The van der Waals surface area contributed by atoms with Crippen molar-refractivity contribution in [2.24, 2.45) is 5.41 Å². The molecule has 3 rings (SSSR count). The summed E-state index contributed by atoms with van der Waals surface area (Å²) in [6.45, 7) is 9.34. The quantitative estimate of drug-likeness (QED) is 0.831. The molecule has 0 radical (unpaired) electrons. The molecule has 2 heteroatoms. The SMILES string of the molecule is Cc1cc(C)cc(N2CCC3(CCNCC3)CC2)c1. The lowest BCUT2D eigenvalue weighted by molar-refractivity contribution is 0.155. The zero-order chi connectivity index (χ0) is 13.3. The van der Waals surface area contributed by atoms with Gasteiger partial charge in [0.15, 0.2) is 0 Å². The van der Waals surface area contributed by atoms with Crippen molar-refractivity contribution in [3.05, 3.63) is 29.3 Å². The lowest BCUT2D eigenvalue weighted by Gasteiger charge is -2.45. The second-order valence-corrected chi connectivity index (χ2v) is 6.58. The normalized spacial score (nSPS) is 22.7. The molecule has 1 spiro atoms. The third-order valence-corrected chi connectivity index (χ3v) is 5.06. The van der Waals surface area contributed by atoms with Crippen LogP contribution in [0.25, 0.3) is 0 Å². The van der Waals surface area contributed by atoms with Crippen molar-refractivity contribution < 1.29 is 0 Å². The minimum Gasteiger partial charge on any atom is -0.371 e. The fourth-order valence-electron chi connectivity index (χ4n) is 3.83. The molecule has 19 heavy (non-hydrogen) atoms. The third kappa shape index (κ3) is 2.79. The van der Waals surface area contributed by atoms with Gasteiger partial charge in [-0.25, -0.2) is 0 Å². The summed E-state index contributed by atoms with van der Waals surface area (Å²) in [5, 5.41) is 3.50. The highest BCUT2D eigenvalue weighted by molar-refractivity contribution is 5.51. The van der Waals surface area contributed by atoms with Crippen molar-refractivity contribution in [2.75, 3.05) is 31.1 Å². The lowest BCUT2D eigenvalue weighted by atomic mass is 9.71. The third-order valence-electron chi connectivity index (χ3n) is 5.06. The van der Waals surface area contributed by atoms with Crippen LogP contribution in [0.2, 0.25) is 0 Å². The van der Waals surface area contributed by atoms with E-state index < -0.39 is 0 Å². The van der Waals surface area contributed by atoms with E-state index in [1.54, 1.807) is 0 Å². The highest BCUT2D eigenvalue weighted by Gasteiger charge is 2.35. The van der Waals surface area contributed by atoms with Crippen LogP contribution >= 0.6 is 0 Å². The Labute approximate surface area is 117 Å². The Hall–Kier alpha value is -1.02. The second kappa shape index (κ2) is 5.16. The molecule has 2 aliphatic heterocycles. The summed E-state index contributed by atoms with van der Waals surface area (Å²) in [5.74, 6) is 0. The molecule has 0 aliphatic carbocycles. The Morgan fingerprint density at radius 3 is 2.05 bits per heavy atom. The van der Waals surface area contributed by atoms with E-state index in [1.165, 1.54) is 68.7 Å². The monoisotopic (exact) mass is 258 g/mol. The van der Waals surface area contributed by atoms with Gasteiger partial charge in [-0.05, 0) is 81.3 Å². The first kappa shape index (κ1) is 13.0. The number of nitrogens with one attached hydrogen (secondary N) is 1. The van der Waals surface area contributed by atoms with Crippen molar-refractivity contribution in [3.63, 3.8) is 0 Å². The molecule has 2 nitrogen and oxygen atoms in total. The van der Waals surface area contributed by atoms with Crippen LogP contribution in [0.4, 0.5) is 5.69 Å². The van der Waals surface area contributed by atoms with Gasteiger partial charge in [-0.1, -0.05) is 6.07 Å². The van der Waals surface area contributed by atoms with Gasteiger partial charge in [0.25, 0.3) is 0 Å². The summed E-state index contributed by atoms with van der Waals surface area (Å²) in [6.07, 6.45) is 5.52. The van der Waals surface area contributed by atoms with E-state index in [2.05, 4.69) is 42.3 Å². The maximum Gasteiger partial charge on any atom is 0.0371 e. The average Bonchev–Trinajstić information content (AvgIpc) is 2.39. The number of hydrogen-bond acceptors (Lipinski definition) is 2. The standard InChI is InChI=1S/C17H26N2/c1-14-11-15(2)13-16(12-14)19-9-5-17(6-10-19)3-7-18-8-4-17/h11-13,18H,3-10H2,1-2H3. The first-order valence-corrected chi connectivity index (χ1v) is 7.71. The Balaban J connectivity index is 1.69. The molecule has 2 aliphatic rings. The van der Waals surface area contributed by atoms with Gasteiger partial charge < -0.3 is 10.2 Å². The molecule has 0 amide bonds. The van der Waals surface area contributed by atoms with Crippen LogP contribution in [0.15, 0.2) is 18.2 Å². The lowest BCUT2D eigenvalue weighted by Crippen LogP contribution is -2.45. The van der Waals surface area contributed by atoms with Gasteiger partial charge in [0, 0.05) is 18.8 Å². The second-order valence-electron chi connectivity index (χ2n) is 6.58. The molecule has 1 N–H and O–H groups in total. The Bertz CT molecular complexity index is 416. The number of hydrogen-bond donors (Lipinski definition) is 1. The Kier molecular flexibility index (Phi) is 3.53. The maximum atomic E-state index is 3.50. The molecule has 2 fully saturated rings. The van der Waals surface area contributed by atoms with Crippen LogP contribution in [-0.2, 0) is 0 Å². The van der Waals surface area contributed by atoms with Gasteiger partial charge in [0.2, 0.25) is 0 Å². The number of anilines is 1. The Morgan fingerprint density at radius 2 is 1.47 bits per heavy atom. The molecule has 1 aromatic rings. The minimum atomic E-state index is 0.653. The van der Waals surface area contributed by atoms with Crippen LogP contribution in [0, 0.1) is 19.3 Å². The van der Waals surface area contributed by atoms with E-state index in [4.69, 9.17) is 0 Å². The topological polar surface area (TPSA) is 15.3 Å². The van der Waals surface area contributed by atoms with Crippen molar-refractivity contribution in [1.82, 2.24) is 5.32 Å². The van der Waals surface area contributed by atoms with Gasteiger partial charge >= 0.3 is 0 Å². The summed E-state index contributed by atoms with van der Waals surface area (Å²) < 4.78 is 0. The summed E-state index contributed by atoms with van der Waals surface area (Å²) in [6, 6.07) is 6.95. The molecule has 1 aromatic carbocycles. The molecule has 104 valence electrons. The van der Waals surface area contributed by atoms with Crippen molar-refractivity contribution in [2.45, 2.75) is 39.5 Å². The average molecular weight is 258 g/mol. The number of aryl methyl sites for hydroxylation is 2. The fraction of sp³-hybridized carbons (Fsp3) is 0.647. The Morgan fingerprint density at radius 1 is 0.895 bits per heavy atom. The first-order valence-electron chi connectivity index (χ1n) is 7.71. The first-order chi connectivity index (χ1) is 9.17. The van der Waals surface area contributed by atoms with Gasteiger partial charge in [0.05, 0.1) is 0 Å². The predicted molar refractivity (Wildman–Crippen MR) is 81.9 cm³/mol. The molecule has 0 aromatic heterocycles. The van der Waals surface area contributed by atoms with E-state index in [-0.39, 0.29) is 0 Å². The van der Waals surface area contributed by atoms with E-state index in [1.807, 2.05) is 0 Å². The zero-order valence-electron chi connectivity index (χ0n) is 12.3. The fourth-order valence-corrected chi connectivity index (χ4v) is 3.83. The van der Waals surface area contributed by atoms with Crippen LogP contribution in [0.1, 0.15) is 36.8 Å². The van der Waals surface area contributed by atoms with Crippen LogP contribution < -0.4 is 10.2 Å². The van der Waals surface area contributed by atoms with Gasteiger partial charge in [-0.3, -0.25) is 0 Å². The molecule has 0 atom stereocenters. The number of rotatable bonds is 1. The predicted octanol–water partition coefficient (Wildman–Crippen LogP) is 3.27. The molecule has 0 bridgehead atoms. The van der Waals surface area contributed by atoms with Gasteiger partial charge in [-0.2, -0.15) is 0 Å². The molecular weight excluding hydrogens is 232 g/mol. The van der Waals surface area contributed by atoms with E-state index in [0.29, 0.717) is 5.41 Å². The molecule has 0 unspecified atom stereocenters. The number of nitrogens with zero attached hydrogens (tertiary/aromatic N) is 1. The summed E-state index contributed by atoms with van der Waals surface area (Å²) in [4.78, 5) is 2.59. The summed E-state index contributed by atoms with van der Waals surface area (Å²) in [7, 11) is 0.